The van der Waals surface area contributed by atoms with Crippen LogP contribution < -0.4 is 4.90 Å². The maximum atomic E-state index is 7.05. The fourth-order valence-corrected chi connectivity index (χ4v) is 10.2. The van der Waals surface area contributed by atoms with E-state index in [-0.39, 0.29) is 0 Å². The molecule has 0 saturated carbocycles. The molecule has 0 N–H and O–H groups in total. The summed E-state index contributed by atoms with van der Waals surface area (Å²) in [7, 11) is 0. The first-order valence-electron chi connectivity index (χ1n) is 19.7. The largest absolute Gasteiger partial charge is 0.455 e. The van der Waals surface area contributed by atoms with Crippen LogP contribution in [-0.4, -0.2) is 4.57 Å². The molecule has 272 valence electrons. The van der Waals surface area contributed by atoms with E-state index in [2.05, 4.69) is 216 Å². The molecule has 4 heteroatoms. The highest BCUT2D eigenvalue weighted by Gasteiger charge is 2.26. The van der Waals surface area contributed by atoms with Gasteiger partial charge in [-0.15, -0.1) is 11.3 Å². The summed E-state index contributed by atoms with van der Waals surface area (Å²) in [5, 5.41) is 7.13. The van der Waals surface area contributed by atoms with Gasteiger partial charge in [0, 0.05) is 54.1 Å². The van der Waals surface area contributed by atoms with Crippen LogP contribution >= 0.6 is 11.3 Å². The number of benzene rings is 9. The van der Waals surface area contributed by atoms with Crippen LogP contribution in [0.4, 0.5) is 17.1 Å². The highest BCUT2D eigenvalue weighted by Crippen LogP contribution is 2.50. The highest BCUT2D eigenvalue weighted by atomic mass is 32.1. The molecule has 0 fully saturated rings. The number of para-hydroxylation sites is 4. The van der Waals surface area contributed by atoms with Gasteiger partial charge in [-0.1, -0.05) is 146 Å². The van der Waals surface area contributed by atoms with Crippen LogP contribution in [0.5, 0.6) is 0 Å². The lowest BCUT2D eigenvalue weighted by Gasteiger charge is -2.27. The van der Waals surface area contributed by atoms with Gasteiger partial charge in [0.15, 0.2) is 0 Å². The Morgan fingerprint density at radius 2 is 1.09 bits per heavy atom. The molecule has 12 aromatic rings. The van der Waals surface area contributed by atoms with E-state index in [4.69, 9.17) is 4.42 Å². The van der Waals surface area contributed by atoms with Gasteiger partial charge < -0.3 is 13.9 Å². The standard InChI is InChI=1S/C54H34N2OS/c1-3-15-35(16-4-1)36-29-31-38(32-30-36)55(48-26-14-24-44-40-20-9-12-28-50(40)58-54(44)48)47-34-33-43(53-51(47)45-21-8-11-27-49(45)57-53)42-23-13-22-41-39-19-7-10-25-46(39)56(52(41)42)37-17-5-2-6-18-37/h1-34H. The number of furan rings is 1. The first-order valence-corrected chi connectivity index (χ1v) is 20.5. The average molecular weight is 759 g/mol. The number of fused-ring (bicyclic) bond motifs is 9. The Morgan fingerprint density at radius 1 is 0.431 bits per heavy atom. The Bertz CT molecular complexity index is 3500. The summed E-state index contributed by atoms with van der Waals surface area (Å²) in [6.07, 6.45) is 0. The zero-order chi connectivity index (χ0) is 38.2. The lowest BCUT2D eigenvalue weighted by Crippen LogP contribution is -2.10. The summed E-state index contributed by atoms with van der Waals surface area (Å²) in [6.45, 7) is 0. The summed E-state index contributed by atoms with van der Waals surface area (Å²) in [5.74, 6) is 0. The molecule has 0 amide bonds. The molecule has 0 bridgehead atoms. The van der Waals surface area contributed by atoms with Gasteiger partial charge in [0.1, 0.15) is 11.2 Å². The minimum atomic E-state index is 0.862. The second-order valence-corrected chi connectivity index (χ2v) is 15.9. The molecule has 3 nitrogen and oxygen atoms in total. The van der Waals surface area contributed by atoms with E-state index in [9.17, 15) is 0 Å². The Labute approximate surface area is 338 Å². The van der Waals surface area contributed by atoms with Gasteiger partial charge in [-0.05, 0) is 71.8 Å². The van der Waals surface area contributed by atoms with Crippen LogP contribution in [-0.2, 0) is 0 Å². The molecule has 3 heterocycles. The smallest absolute Gasteiger partial charge is 0.145 e. The number of hydrogen-bond donors (Lipinski definition) is 0. The predicted molar refractivity (Wildman–Crippen MR) is 247 cm³/mol. The predicted octanol–water partition coefficient (Wildman–Crippen LogP) is 15.9. The molecule has 0 spiro atoms. The van der Waals surface area contributed by atoms with E-state index in [1.165, 1.54) is 47.6 Å². The van der Waals surface area contributed by atoms with Crippen molar-refractivity contribution in [3.8, 4) is 27.9 Å². The third-order valence-electron chi connectivity index (χ3n) is 11.6. The molecular formula is C54H34N2OS. The van der Waals surface area contributed by atoms with Crippen molar-refractivity contribution in [2.45, 2.75) is 0 Å². The molecule has 58 heavy (non-hydrogen) atoms. The Balaban J connectivity index is 1.16. The fraction of sp³-hybridized carbons (Fsp3) is 0. The van der Waals surface area contributed by atoms with Crippen LogP contribution in [0.2, 0.25) is 0 Å². The van der Waals surface area contributed by atoms with Gasteiger partial charge in [0.2, 0.25) is 0 Å². The summed E-state index contributed by atoms with van der Waals surface area (Å²) in [4.78, 5) is 2.45. The zero-order valence-corrected chi connectivity index (χ0v) is 32.2. The molecule has 0 atom stereocenters. The first-order chi connectivity index (χ1) is 28.8. The molecule has 0 aliphatic rings. The van der Waals surface area contributed by atoms with Gasteiger partial charge in [-0.25, -0.2) is 0 Å². The maximum absolute atomic E-state index is 7.05. The van der Waals surface area contributed by atoms with Crippen molar-refractivity contribution in [2.24, 2.45) is 0 Å². The SMILES string of the molecule is c1ccc(-c2ccc(N(c3cccc4c3sc3ccccc34)c3ccc(-c4cccc5c6ccccc6n(-c6ccccc6)c45)c4oc5ccccc5c34)cc2)cc1. The summed E-state index contributed by atoms with van der Waals surface area (Å²) in [6, 6.07) is 74.2. The van der Waals surface area contributed by atoms with E-state index in [1.807, 2.05) is 11.3 Å². The summed E-state index contributed by atoms with van der Waals surface area (Å²) >= 11 is 1.85. The minimum absolute atomic E-state index is 0.862. The first kappa shape index (κ1) is 32.8. The maximum Gasteiger partial charge on any atom is 0.145 e. The number of thiophene rings is 1. The average Bonchev–Trinajstić information content (AvgIpc) is 3.98. The molecule has 0 radical (unpaired) electrons. The van der Waals surface area contributed by atoms with Crippen LogP contribution in [0.3, 0.4) is 0 Å². The lowest BCUT2D eigenvalue weighted by atomic mass is 9.97. The van der Waals surface area contributed by atoms with Gasteiger partial charge in [-0.3, -0.25) is 0 Å². The summed E-state index contributed by atoms with van der Waals surface area (Å²) in [5.41, 5.74) is 13.0. The van der Waals surface area contributed by atoms with Crippen molar-refractivity contribution in [3.05, 3.63) is 206 Å². The molecule has 0 saturated heterocycles. The van der Waals surface area contributed by atoms with E-state index in [1.54, 1.807) is 0 Å². The van der Waals surface area contributed by atoms with Crippen molar-refractivity contribution in [1.82, 2.24) is 4.57 Å². The van der Waals surface area contributed by atoms with Gasteiger partial charge >= 0.3 is 0 Å². The molecule has 0 unspecified atom stereocenters. The highest BCUT2D eigenvalue weighted by molar-refractivity contribution is 7.26. The van der Waals surface area contributed by atoms with Crippen LogP contribution in [0.15, 0.2) is 211 Å². The van der Waals surface area contributed by atoms with Crippen molar-refractivity contribution in [2.75, 3.05) is 4.90 Å². The monoisotopic (exact) mass is 758 g/mol. The fourth-order valence-electron chi connectivity index (χ4n) is 9.04. The molecule has 12 rings (SSSR count). The lowest BCUT2D eigenvalue weighted by molar-refractivity contribution is 0.670. The van der Waals surface area contributed by atoms with Crippen LogP contribution in [0, 0.1) is 0 Å². The third-order valence-corrected chi connectivity index (χ3v) is 12.8. The van der Waals surface area contributed by atoms with Crippen molar-refractivity contribution < 1.29 is 4.42 Å². The van der Waals surface area contributed by atoms with Crippen molar-refractivity contribution in [1.29, 1.82) is 0 Å². The number of rotatable bonds is 6. The Hall–Kier alpha value is -7.40. The Morgan fingerprint density at radius 3 is 1.93 bits per heavy atom. The number of nitrogens with zero attached hydrogens (tertiary/aromatic N) is 2. The molecule has 9 aromatic carbocycles. The number of aromatic nitrogens is 1. The summed E-state index contributed by atoms with van der Waals surface area (Å²) < 4.78 is 12.0. The van der Waals surface area contributed by atoms with Crippen LogP contribution in [0.25, 0.3) is 91.9 Å². The second kappa shape index (κ2) is 13.1. The van der Waals surface area contributed by atoms with E-state index >= 15 is 0 Å². The second-order valence-electron chi connectivity index (χ2n) is 14.8. The Kier molecular flexibility index (Phi) is 7.40. The molecule has 3 aromatic heterocycles. The molecular weight excluding hydrogens is 725 g/mol. The molecule has 0 aliphatic heterocycles. The molecule has 0 aliphatic carbocycles. The third kappa shape index (κ3) is 4.99. The van der Waals surface area contributed by atoms with Crippen molar-refractivity contribution >= 4 is 92.3 Å². The normalized spacial score (nSPS) is 11.8. The van der Waals surface area contributed by atoms with Gasteiger partial charge in [0.25, 0.3) is 0 Å². The van der Waals surface area contributed by atoms with E-state index in [0.717, 1.165) is 61.3 Å². The topological polar surface area (TPSA) is 21.3 Å². The van der Waals surface area contributed by atoms with E-state index in [0.29, 0.717) is 0 Å². The number of hydrogen-bond acceptors (Lipinski definition) is 3. The minimum Gasteiger partial charge on any atom is -0.455 e. The number of anilines is 3. The van der Waals surface area contributed by atoms with Gasteiger partial charge in [-0.2, -0.15) is 0 Å². The zero-order valence-electron chi connectivity index (χ0n) is 31.3. The quantitative estimate of drug-likeness (QED) is 0.168. The van der Waals surface area contributed by atoms with Gasteiger partial charge in [0.05, 0.1) is 32.5 Å². The van der Waals surface area contributed by atoms with E-state index < -0.39 is 0 Å². The van der Waals surface area contributed by atoms with Crippen LogP contribution in [0.1, 0.15) is 0 Å². The van der Waals surface area contributed by atoms with Crippen molar-refractivity contribution in [3.63, 3.8) is 0 Å².